The predicted molar refractivity (Wildman–Crippen MR) is 132 cm³/mol. The first-order valence-corrected chi connectivity index (χ1v) is 13.6. The summed E-state index contributed by atoms with van der Waals surface area (Å²) in [7, 11) is -1.77. The van der Waals surface area contributed by atoms with Crippen LogP contribution in [-0.2, 0) is 16.4 Å². The van der Waals surface area contributed by atoms with Crippen LogP contribution in [0, 0.1) is 5.41 Å². The number of hydrogen-bond donors (Lipinski definition) is 1. The summed E-state index contributed by atoms with van der Waals surface area (Å²) in [5.74, 6) is 1.00. The Balaban J connectivity index is 2.22. The molecule has 176 valence electrons. The van der Waals surface area contributed by atoms with Crippen molar-refractivity contribution in [3.63, 3.8) is 0 Å². The molecule has 0 aliphatic carbocycles. The normalized spacial score (nSPS) is 22.4. The number of benzene rings is 2. The van der Waals surface area contributed by atoms with E-state index in [-0.39, 0.29) is 17.1 Å². The van der Waals surface area contributed by atoms with E-state index >= 15 is 0 Å². The average Bonchev–Trinajstić information content (AvgIpc) is 2.88. The lowest BCUT2D eigenvalue weighted by Gasteiger charge is -2.34. The van der Waals surface area contributed by atoms with E-state index in [9.17, 15) is 8.42 Å². The van der Waals surface area contributed by atoms with E-state index < -0.39 is 9.84 Å². The summed E-state index contributed by atoms with van der Waals surface area (Å²) in [6.07, 6.45) is 4.77. The van der Waals surface area contributed by atoms with Crippen molar-refractivity contribution >= 4 is 9.84 Å². The van der Waals surface area contributed by atoms with Crippen LogP contribution in [-0.4, -0.2) is 27.3 Å². The summed E-state index contributed by atoms with van der Waals surface area (Å²) in [5, 5.41) is 3.41. The first kappa shape index (κ1) is 24.8. The summed E-state index contributed by atoms with van der Waals surface area (Å²) >= 11 is 0. The molecular formula is C27H39NO3S. The molecule has 1 heterocycles. The Bertz CT molecular complexity index is 1000. The molecular weight excluding hydrogens is 418 g/mol. The maximum Gasteiger partial charge on any atom is 0.179 e. The van der Waals surface area contributed by atoms with Crippen molar-refractivity contribution in [1.82, 2.24) is 5.32 Å². The lowest BCUT2D eigenvalue weighted by molar-refractivity contribution is 0.247. The molecule has 2 atom stereocenters. The van der Waals surface area contributed by atoms with Crippen LogP contribution in [0.1, 0.15) is 82.4 Å². The van der Waals surface area contributed by atoms with Crippen molar-refractivity contribution in [2.45, 2.75) is 83.2 Å². The Morgan fingerprint density at radius 2 is 1.88 bits per heavy atom. The topological polar surface area (TPSA) is 55.4 Å². The van der Waals surface area contributed by atoms with Gasteiger partial charge in [-0.3, -0.25) is 0 Å². The molecule has 0 saturated heterocycles. The highest BCUT2D eigenvalue weighted by Gasteiger charge is 2.42. The van der Waals surface area contributed by atoms with Gasteiger partial charge < -0.3 is 10.1 Å². The van der Waals surface area contributed by atoms with E-state index in [1.165, 1.54) is 5.56 Å². The quantitative estimate of drug-likeness (QED) is 0.495. The average molecular weight is 458 g/mol. The minimum absolute atomic E-state index is 0.0290. The fraction of sp³-hybridized carbons (Fsp3) is 0.556. The van der Waals surface area contributed by atoms with Crippen molar-refractivity contribution < 1.29 is 13.2 Å². The minimum atomic E-state index is -3.44. The fourth-order valence-corrected chi connectivity index (χ4v) is 7.33. The molecule has 0 spiro atoms. The molecule has 5 heteroatoms. The molecule has 0 aromatic heterocycles. The largest absolute Gasteiger partial charge is 0.496 e. The van der Waals surface area contributed by atoms with Gasteiger partial charge in [0.2, 0.25) is 0 Å². The molecule has 3 rings (SSSR count). The van der Waals surface area contributed by atoms with Crippen LogP contribution in [0.3, 0.4) is 0 Å². The van der Waals surface area contributed by atoms with Crippen LogP contribution in [0.15, 0.2) is 47.4 Å². The van der Waals surface area contributed by atoms with Crippen molar-refractivity contribution in [1.29, 1.82) is 0 Å². The van der Waals surface area contributed by atoms with Crippen LogP contribution in [0.25, 0.3) is 0 Å². The highest BCUT2D eigenvalue weighted by Crippen LogP contribution is 2.49. The van der Waals surface area contributed by atoms with E-state index in [1.54, 1.807) is 7.11 Å². The molecule has 4 nitrogen and oxygen atoms in total. The predicted octanol–water partition coefficient (Wildman–Crippen LogP) is 6.09. The Hall–Kier alpha value is -1.85. The van der Waals surface area contributed by atoms with Gasteiger partial charge in [0, 0.05) is 24.1 Å². The lowest BCUT2D eigenvalue weighted by Crippen LogP contribution is -2.29. The number of hydrogen-bond acceptors (Lipinski definition) is 4. The molecule has 1 aliphatic heterocycles. The zero-order valence-electron chi connectivity index (χ0n) is 20.3. The van der Waals surface area contributed by atoms with Gasteiger partial charge in [0.15, 0.2) is 9.84 Å². The fourth-order valence-electron chi connectivity index (χ4n) is 5.02. The molecule has 2 aromatic rings. The van der Waals surface area contributed by atoms with Gasteiger partial charge in [-0.25, -0.2) is 8.42 Å². The number of ether oxygens (including phenoxy) is 1. The number of unbranched alkanes of at least 4 members (excludes halogenated alkanes) is 1. The van der Waals surface area contributed by atoms with Crippen molar-refractivity contribution in [2.75, 3.05) is 12.9 Å². The highest BCUT2D eigenvalue weighted by atomic mass is 32.2. The zero-order valence-corrected chi connectivity index (χ0v) is 21.1. The molecule has 0 saturated carbocycles. The van der Waals surface area contributed by atoms with Gasteiger partial charge in [0.25, 0.3) is 0 Å². The maximum absolute atomic E-state index is 13.8. The number of sulfone groups is 1. The van der Waals surface area contributed by atoms with Crippen LogP contribution >= 0.6 is 0 Å². The summed E-state index contributed by atoms with van der Waals surface area (Å²) in [5.41, 5.74) is 2.73. The minimum Gasteiger partial charge on any atom is -0.496 e. The highest BCUT2D eigenvalue weighted by molar-refractivity contribution is 7.91. The molecule has 2 aromatic carbocycles. The van der Waals surface area contributed by atoms with Gasteiger partial charge in [0.05, 0.1) is 17.8 Å². The standard InChI is InChI=1S/C27H39NO3S/c1-6-8-14-27(7-2)17-24(21-12-10-9-11-13-21)23-16-25(31-5)22(18-28-20(3)4)15-26(23)32(29,30)19-27/h9-13,15-16,20,24,28H,6-8,14,17-19H2,1-5H3/t24-,27+/m1/s1. The van der Waals surface area contributed by atoms with Gasteiger partial charge in [-0.2, -0.15) is 0 Å². The van der Waals surface area contributed by atoms with Gasteiger partial charge >= 0.3 is 0 Å². The number of nitrogens with one attached hydrogen (secondary N) is 1. The smallest absolute Gasteiger partial charge is 0.179 e. The van der Waals surface area contributed by atoms with E-state index in [1.807, 2.05) is 30.3 Å². The van der Waals surface area contributed by atoms with Gasteiger partial charge in [0.1, 0.15) is 5.75 Å². The SMILES string of the molecule is CCCC[C@@]1(CC)C[C@H](c2ccccc2)c2cc(OC)c(CNC(C)C)cc2S(=O)(=O)C1. The summed E-state index contributed by atoms with van der Waals surface area (Å²) in [6, 6.07) is 14.5. The Labute approximate surface area is 194 Å². The number of fused-ring (bicyclic) bond motifs is 1. The molecule has 32 heavy (non-hydrogen) atoms. The van der Waals surface area contributed by atoms with Crippen molar-refractivity contribution in [3.8, 4) is 5.75 Å². The van der Waals surface area contributed by atoms with Gasteiger partial charge in [-0.1, -0.05) is 70.9 Å². The molecule has 0 fully saturated rings. The monoisotopic (exact) mass is 457 g/mol. The van der Waals surface area contributed by atoms with E-state index in [0.717, 1.165) is 49.0 Å². The number of rotatable bonds is 9. The lowest BCUT2D eigenvalue weighted by atomic mass is 9.71. The van der Waals surface area contributed by atoms with Crippen LogP contribution in [0.5, 0.6) is 5.75 Å². The third-order valence-electron chi connectivity index (χ3n) is 6.97. The Morgan fingerprint density at radius 3 is 2.47 bits per heavy atom. The molecule has 0 bridgehead atoms. The second-order valence-electron chi connectivity index (χ2n) is 9.62. The summed E-state index contributed by atoms with van der Waals surface area (Å²) in [6.45, 7) is 9.08. The molecule has 0 radical (unpaired) electrons. The zero-order chi connectivity index (χ0) is 23.4. The third-order valence-corrected chi connectivity index (χ3v) is 8.99. The van der Waals surface area contributed by atoms with Crippen LogP contribution in [0.4, 0.5) is 0 Å². The molecule has 1 aliphatic rings. The molecule has 1 N–H and O–H groups in total. The Morgan fingerprint density at radius 1 is 1.16 bits per heavy atom. The van der Waals surface area contributed by atoms with Crippen LogP contribution in [0.2, 0.25) is 0 Å². The Kier molecular flexibility index (Phi) is 8.05. The summed E-state index contributed by atoms with van der Waals surface area (Å²) < 4.78 is 33.4. The van der Waals surface area contributed by atoms with Gasteiger partial charge in [-0.15, -0.1) is 0 Å². The first-order valence-electron chi connectivity index (χ1n) is 12.0. The van der Waals surface area contributed by atoms with E-state index in [0.29, 0.717) is 17.5 Å². The molecule has 0 amide bonds. The van der Waals surface area contributed by atoms with Crippen LogP contribution < -0.4 is 10.1 Å². The second kappa shape index (κ2) is 10.4. The third kappa shape index (κ3) is 5.37. The van der Waals surface area contributed by atoms with Gasteiger partial charge in [-0.05, 0) is 47.9 Å². The first-order chi connectivity index (χ1) is 15.2. The van der Waals surface area contributed by atoms with Crippen molar-refractivity contribution in [3.05, 3.63) is 59.2 Å². The second-order valence-corrected chi connectivity index (χ2v) is 11.6. The molecule has 0 unspecified atom stereocenters. The maximum atomic E-state index is 13.8. The summed E-state index contributed by atoms with van der Waals surface area (Å²) in [4.78, 5) is 0.486. The number of methoxy groups -OCH3 is 1. The van der Waals surface area contributed by atoms with E-state index in [2.05, 4.69) is 45.1 Å². The van der Waals surface area contributed by atoms with E-state index in [4.69, 9.17) is 4.74 Å². The van der Waals surface area contributed by atoms with Crippen molar-refractivity contribution in [2.24, 2.45) is 5.41 Å².